The van der Waals surface area contributed by atoms with Crippen LogP contribution < -0.4 is 10.6 Å². The third-order valence-corrected chi connectivity index (χ3v) is 4.32. The van der Waals surface area contributed by atoms with Crippen molar-refractivity contribution in [2.75, 3.05) is 13.1 Å². The molecule has 4 nitrogen and oxygen atoms in total. The average molecular weight is 253 g/mol. The first-order valence-electron chi connectivity index (χ1n) is 6.06. The molecule has 1 aliphatic heterocycles. The van der Waals surface area contributed by atoms with Crippen LogP contribution in [0.3, 0.4) is 0 Å². The molecule has 0 aliphatic carbocycles. The SMILES string of the molecule is CCC1(C(=O)NCc2csc(C)n2)CCNC1. The third-order valence-electron chi connectivity index (χ3n) is 3.50. The number of carbonyl (C=O) groups excluding carboxylic acids is 1. The van der Waals surface area contributed by atoms with Gasteiger partial charge in [0.2, 0.25) is 5.91 Å². The molecule has 2 rings (SSSR count). The van der Waals surface area contributed by atoms with Gasteiger partial charge >= 0.3 is 0 Å². The molecule has 0 saturated carbocycles. The molecule has 1 aliphatic rings. The van der Waals surface area contributed by atoms with Gasteiger partial charge in [-0.3, -0.25) is 4.79 Å². The van der Waals surface area contributed by atoms with E-state index in [1.165, 1.54) is 0 Å². The van der Waals surface area contributed by atoms with Gasteiger partial charge in [0, 0.05) is 11.9 Å². The minimum atomic E-state index is -0.203. The molecule has 2 heterocycles. The number of aryl methyl sites for hydroxylation is 1. The Hall–Kier alpha value is -0.940. The van der Waals surface area contributed by atoms with Crippen molar-refractivity contribution in [2.45, 2.75) is 33.2 Å². The summed E-state index contributed by atoms with van der Waals surface area (Å²) >= 11 is 1.62. The van der Waals surface area contributed by atoms with Crippen molar-refractivity contribution in [3.63, 3.8) is 0 Å². The van der Waals surface area contributed by atoms with Gasteiger partial charge in [0.15, 0.2) is 0 Å². The topological polar surface area (TPSA) is 54.0 Å². The van der Waals surface area contributed by atoms with Gasteiger partial charge in [0.1, 0.15) is 0 Å². The zero-order chi connectivity index (χ0) is 12.3. The zero-order valence-electron chi connectivity index (χ0n) is 10.4. The number of rotatable bonds is 4. The highest BCUT2D eigenvalue weighted by Crippen LogP contribution is 2.29. The van der Waals surface area contributed by atoms with Gasteiger partial charge in [-0.15, -0.1) is 11.3 Å². The van der Waals surface area contributed by atoms with Crippen LogP contribution in [0.25, 0.3) is 0 Å². The van der Waals surface area contributed by atoms with Crippen molar-refractivity contribution >= 4 is 17.2 Å². The fourth-order valence-corrected chi connectivity index (χ4v) is 2.86. The smallest absolute Gasteiger partial charge is 0.227 e. The standard InChI is InChI=1S/C12H19N3OS/c1-3-12(4-5-13-8-12)11(16)14-6-10-7-17-9(2)15-10/h7,13H,3-6,8H2,1-2H3,(H,14,16). The van der Waals surface area contributed by atoms with Crippen molar-refractivity contribution in [3.8, 4) is 0 Å². The summed E-state index contributed by atoms with van der Waals surface area (Å²) in [4.78, 5) is 16.5. The molecule has 1 amide bonds. The van der Waals surface area contributed by atoms with Gasteiger partial charge in [-0.1, -0.05) is 6.92 Å². The number of nitrogens with one attached hydrogen (secondary N) is 2. The van der Waals surface area contributed by atoms with Crippen molar-refractivity contribution in [3.05, 3.63) is 16.1 Å². The third kappa shape index (κ3) is 2.66. The predicted octanol–water partition coefficient (Wildman–Crippen LogP) is 1.46. The summed E-state index contributed by atoms with van der Waals surface area (Å²) in [6.07, 6.45) is 1.83. The number of carbonyl (C=O) groups is 1. The molecule has 0 bridgehead atoms. The normalized spacial score (nSPS) is 23.9. The summed E-state index contributed by atoms with van der Waals surface area (Å²) in [6.45, 7) is 6.34. The van der Waals surface area contributed by atoms with E-state index in [9.17, 15) is 4.79 Å². The second-order valence-corrected chi connectivity index (χ2v) is 5.66. The first-order chi connectivity index (χ1) is 8.16. The number of aromatic nitrogens is 1. The van der Waals surface area contributed by atoms with Gasteiger partial charge in [0.05, 0.1) is 22.7 Å². The molecular weight excluding hydrogens is 234 g/mol. The van der Waals surface area contributed by atoms with Crippen LogP contribution in [0, 0.1) is 12.3 Å². The summed E-state index contributed by atoms with van der Waals surface area (Å²) in [5.74, 6) is 0.163. The summed E-state index contributed by atoms with van der Waals surface area (Å²) in [7, 11) is 0. The van der Waals surface area contributed by atoms with E-state index in [4.69, 9.17) is 0 Å². The molecule has 1 unspecified atom stereocenters. The first-order valence-corrected chi connectivity index (χ1v) is 6.94. The highest BCUT2D eigenvalue weighted by molar-refractivity contribution is 7.09. The van der Waals surface area contributed by atoms with E-state index in [0.29, 0.717) is 6.54 Å². The molecule has 17 heavy (non-hydrogen) atoms. The predicted molar refractivity (Wildman–Crippen MR) is 68.9 cm³/mol. The lowest BCUT2D eigenvalue weighted by Crippen LogP contribution is -2.41. The lowest BCUT2D eigenvalue weighted by atomic mass is 9.83. The summed E-state index contributed by atoms with van der Waals surface area (Å²) in [6, 6.07) is 0. The van der Waals surface area contributed by atoms with Crippen LogP contribution in [0.5, 0.6) is 0 Å². The Balaban J connectivity index is 1.92. The maximum Gasteiger partial charge on any atom is 0.227 e. The highest BCUT2D eigenvalue weighted by Gasteiger charge is 2.39. The van der Waals surface area contributed by atoms with Gasteiger partial charge in [-0.2, -0.15) is 0 Å². The van der Waals surface area contributed by atoms with Gasteiger partial charge in [-0.25, -0.2) is 4.98 Å². The van der Waals surface area contributed by atoms with Gasteiger partial charge in [0.25, 0.3) is 0 Å². The van der Waals surface area contributed by atoms with E-state index in [2.05, 4.69) is 22.5 Å². The van der Waals surface area contributed by atoms with Crippen LogP contribution in [0.15, 0.2) is 5.38 Å². The molecule has 94 valence electrons. The van der Waals surface area contributed by atoms with E-state index in [1.54, 1.807) is 11.3 Å². The quantitative estimate of drug-likeness (QED) is 0.854. The van der Waals surface area contributed by atoms with Crippen molar-refractivity contribution < 1.29 is 4.79 Å². The summed E-state index contributed by atoms with van der Waals surface area (Å²) < 4.78 is 0. The highest BCUT2D eigenvalue weighted by atomic mass is 32.1. The number of hydrogen-bond acceptors (Lipinski definition) is 4. The molecule has 1 atom stereocenters. The van der Waals surface area contributed by atoms with Crippen molar-refractivity contribution in [2.24, 2.45) is 5.41 Å². The fourth-order valence-electron chi connectivity index (χ4n) is 2.25. The Bertz CT molecular complexity index is 396. The maximum atomic E-state index is 12.2. The monoisotopic (exact) mass is 253 g/mol. The Kier molecular flexibility index (Phi) is 3.79. The van der Waals surface area contributed by atoms with E-state index in [-0.39, 0.29) is 11.3 Å². The van der Waals surface area contributed by atoms with Crippen LogP contribution in [-0.4, -0.2) is 24.0 Å². The molecule has 2 N–H and O–H groups in total. The van der Waals surface area contributed by atoms with Crippen molar-refractivity contribution in [1.29, 1.82) is 0 Å². The second kappa shape index (κ2) is 5.14. The second-order valence-electron chi connectivity index (χ2n) is 4.60. The summed E-state index contributed by atoms with van der Waals surface area (Å²) in [5.41, 5.74) is 0.753. The molecular formula is C12H19N3OS. The van der Waals surface area contributed by atoms with Gasteiger partial charge in [-0.05, 0) is 26.3 Å². The molecule has 5 heteroatoms. The van der Waals surface area contributed by atoms with Crippen molar-refractivity contribution in [1.82, 2.24) is 15.6 Å². The molecule has 1 aromatic rings. The van der Waals surface area contributed by atoms with E-state index in [1.807, 2.05) is 12.3 Å². The minimum absolute atomic E-state index is 0.163. The molecule has 0 radical (unpaired) electrons. The Morgan fingerprint density at radius 2 is 2.53 bits per heavy atom. The number of amides is 1. The Morgan fingerprint density at radius 3 is 3.06 bits per heavy atom. The average Bonchev–Trinajstić information content (AvgIpc) is 2.95. The number of nitrogens with zero attached hydrogens (tertiary/aromatic N) is 1. The number of hydrogen-bond donors (Lipinski definition) is 2. The van der Waals surface area contributed by atoms with Crippen LogP contribution in [0.2, 0.25) is 0 Å². The Labute approximate surface area is 106 Å². The van der Waals surface area contributed by atoms with Crippen LogP contribution in [-0.2, 0) is 11.3 Å². The lowest BCUT2D eigenvalue weighted by molar-refractivity contribution is -0.130. The van der Waals surface area contributed by atoms with Crippen LogP contribution in [0.1, 0.15) is 30.5 Å². The molecule has 1 saturated heterocycles. The maximum absolute atomic E-state index is 12.2. The van der Waals surface area contributed by atoms with Crippen LogP contribution in [0.4, 0.5) is 0 Å². The molecule has 1 aromatic heterocycles. The molecule has 0 spiro atoms. The van der Waals surface area contributed by atoms with E-state index < -0.39 is 0 Å². The van der Waals surface area contributed by atoms with E-state index >= 15 is 0 Å². The van der Waals surface area contributed by atoms with Gasteiger partial charge < -0.3 is 10.6 Å². The van der Waals surface area contributed by atoms with E-state index in [0.717, 1.165) is 36.6 Å². The molecule has 0 aromatic carbocycles. The Morgan fingerprint density at radius 1 is 1.71 bits per heavy atom. The fraction of sp³-hybridized carbons (Fsp3) is 0.667. The molecule has 1 fully saturated rings. The lowest BCUT2D eigenvalue weighted by Gasteiger charge is -2.24. The summed E-state index contributed by atoms with van der Waals surface area (Å²) in [5, 5.41) is 9.33. The zero-order valence-corrected chi connectivity index (χ0v) is 11.2. The minimum Gasteiger partial charge on any atom is -0.350 e. The van der Waals surface area contributed by atoms with Crippen LogP contribution >= 0.6 is 11.3 Å². The first kappa shape index (κ1) is 12.5. The number of thiazole rings is 1. The largest absolute Gasteiger partial charge is 0.350 e.